The standard InChI is InChI=1S/C17H19F2N5S/c1-3-21-15-11(8-20)16(24-17(23-15)25-2)22-14-7-10(14)9-4-5-12(18)13(19)6-9/h4-6,8,10,14,20H,3,7H2,1-2H3,(H2,21,22,23,24)/t10?,14-/m1/s1. The number of benzene rings is 1. The number of thioether (sulfide) groups is 1. The summed E-state index contributed by atoms with van der Waals surface area (Å²) < 4.78 is 26.5. The van der Waals surface area contributed by atoms with Gasteiger partial charge in [-0.15, -0.1) is 0 Å². The molecule has 0 saturated heterocycles. The first-order valence-electron chi connectivity index (χ1n) is 7.99. The first-order chi connectivity index (χ1) is 12.1. The molecule has 132 valence electrons. The van der Waals surface area contributed by atoms with E-state index in [1.807, 2.05) is 13.2 Å². The summed E-state index contributed by atoms with van der Waals surface area (Å²) in [5.74, 6) is -0.367. The molecule has 1 unspecified atom stereocenters. The van der Waals surface area contributed by atoms with E-state index in [2.05, 4.69) is 20.6 Å². The molecule has 1 aliphatic carbocycles. The molecule has 3 rings (SSSR count). The molecule has 2 aromatic rings. The van der Waals surface area contributed by atoms with E-state index >= 15 is 0 Å². The zero-order valence-corrected chi connectivity index (χ0v) is 14.8. The Morgan fingerprint density at radius 2 is 2.04 bits per heavy atom. The number of hydrogen-bond acceptors (Lipinski definition) is 6. The van der Waals surface area contributed by atoms with Crippen LogP contribution in [-0.2, 0) is 0 Å². The molecule has 1 heterocycles. The van der Waals surface area contributed by atoms with Crippen LogP contribution in [0.3, 0.4) is 0 Å². The topological polar surface area (TPSA) is 73.7 Å². The van der Waals surface area contributed by atoms with E-state index in [-0.39, 0.29) is 12.0 Å². The van der Waals surface area contributed by atoms with Gasteiger partial charge in [-0.05, 0) is 37.3 Å². The van der Waals surface area contributed by atoms with Gasteiger partial charge in [-0.3, -0.25) is 0 Å². The molecule has 8 heteroatoms. The van der Waals surface area contributed by atoms with Crippen LogP contribution in [0.15, 0.2) is 23.4 Å². The SMILES string of the molecule is CCNc1nc(SC)nc(N[C@@H]2CC2c2ccc(F)c(F)c2)c1C=N. The number of nitrogens with one attached hydrogen (secondary N) is 3. The van der Waals surface area contributed by atoms with Gasteiger partial charge in [0.15, 0.2) is 16.8 Å². The van der Waals surface area contributed by atoms with Crippen LogP contribution < -0.4 is 10.6 Å². The predicted molar refractivity (Wildman–Crippen MR) is 97.0 cm³/mol. The second-order valence-electron chi connectivity index (χ2n) is 5.76. The summed E-state index contributed by atoms with van der Waals surface area (Å²) in [6.45, 7) is 2.65. The lowest BCUT2D eigenvalue weighted by atomic mass is 10.1. The molecular formula is C17H19F2N5S. The second kappa shape index (κ2) is 7.35. The average molecular weight is 363 g/mol. The Bertz CT molecular complexity index is 799. The highest BCUT2D eigenvalue weighted by Crippen LogP contribution is 2.43. The van der Waals surface area contributed by atoms with Crippen LogP contribution in [0.25, 0.3) is 0 Å². The van der Waals surface area contributed by atoms with Crippen LogP contribution in [0.1, 0.15) is 30.4 Å². The highest BCUT2D eigenvalue weighted by molar-refractivity contribution is 7.98. The van der Waals surface area contributed by atoms with Crippen LogP contribution >= 0.6 is 11.8 Å². The van der Waals surface area contributed by atoms with E-state index in [0.717, 1.165) is 18.1 Å². The van der Waals surface area contributed by atoms with Crippen molar-refractivity contribution in [3.8, 4) is 0 Å². The van der Waals surface area contributed by atoms with Crippen molar-refractivity contribution < 1.29 is 8.78 Å². The minimum Gasteiger partial charge on any atom is -0.370 e. The third-order valence-electron chi connectivity index (χ3n) is 4.08. The number of rotatable bonds is 7. The van der Waals surface area contributed by atoms with E-state index in [4.69, 9.17) is 5.41 Å². The Kier molecular flexibility index (Phi) is 5.17. The fraction of sp³-hybridized carbons (Fsp3) is 0.353. The average Bonchev–Trinajstić information content (AvgIpc) is 3.36. The van der Waals surface area contributed by atoms with Crippen LogP contribution in [0, 0.1) is 17.0 Å². The fourth-order valence-corrected chi connectivity index (χ4v) is 3.10. The van der Waals surface area contributed by atoms with Gasteiger partial charge in [0.05, 0.1) is 5.56 Å². The van der Waals surface area contributed by atoms with Gasteiger partial charge in [-0.2, -0.15) is 0 Å². The van der Waals surface area contributed by atoms with Crippen molar-refractivity contribution >= 4 is 29.6 Å². The summed E-state index contributed by atoms with van der Waals surface area (Å²) in [6.07, 6.45) is 3.91. The molecule has 2 atom stereocenters. The van der Waals surface area contributed by atoms with Crippen molar-refractivity contribution in [1.29, 1.82) is 5.41 Å². The molecule has 1 saturated carbocycles. The van der Waals surface area contributed by atoms with Crippen LogP contribution in [0.5, 0.6) is 0 Å². The molecule has 1 aromatic carbocycles. The summed E-state index contributed by atoms with van der Waals surface area (Å²) in [5, 5.41) is 14.7. The van der Waals surface area contributed by atoms with Gasteiger partial charge in [0.2, 0.25) is 0 Å². The quantitative estimate of drug-likeness (QED) is 0.396. The predicted octanol–water partition coefficient (Wildman–Crippen LogP) is 3.87. The van der Waals surface area contributed by atoms with Crippen molar-refractivity contribution in [3.05, 3.63) is 41.0 Å². The number of hydrogen-bond donors (Lipinski definition) is 3. The molecule has 0 bridgehead atoms. The first kappa shape index (κ1) is 17.6. The molecule has 5 nitrogen and oxygen atoms in total. The van der Waals surface area contributed by atoms with Gasteiger partial charge < -0.3 is 16.0 Å². The zero-order valence-electron chi connectivity index (χ0n) is 13.9. The third kappa shape index (κ3) is 3.73. The van der Waals surface area contributed by atoms with E-state index < -0.39 is 11.6 Å². The number of nitrogens with zero attached hydrogens (tertiary/aromatic N) is 2. The smallest absolute Gasteiger partial charge is 0.191 e. The van der Waals surface area contributed by atoms with Crippen LogP contribution in [0.2, 0.25) is 0 Å². The number of halogens is 2. The molecule has 0 amide bonds. The van der Waals surface area contributed by atoms with Gasteiger partial charge in [-0.1, -0.05) is 17.8 Å². The lowest BCUT2D eigenvalue weighted by molar-refractivity contribution is 0.507. The van der Waals surface area contributed by atoms with Crippen molar-refractivity contribution in [2.75, 3.05) is 23.4 Å². The maximum atomic E-state index is 13.4. The molecule has 1 aromatic heterocycles. The number of anilines is 2. The largest absolute Gasteiger partial charge is 0.370 e. The maximum Gasteiger partial charge on any atom is 0.191 e. The summed E-state index contributed by atoms with van der Waals surface area (Å²) in [6, 6.07) is 4.08. The Morgan fingerprint density at radius 1 is 1.28 bits per heavy atom. The van der Waals surface area contributed by atoms with E-state index in [0.29, 0.717) is 28.9 Å². The molecular weight excluding hydrogens is 344 g/mol. The second-order valence-corrected chi connectivity index (χ2v) is 6.54. The lowest BCUT2D eigenvalue weighted by Gasteiger charge is -2.14. The summed E-state index contributed by atoms with van der Waals surface area (Å²) in [7, 11) is 0. The van der Waals surface area contributed by atoms with E-state index in [9.17, 15) is 8.78 Å². The first-order valence-corrected chi connectivity index (χ1v) is 9.21. The molecule has 0 aliphatic heterocycles. The maximum absolute atomic E-state index is 13.4. The Balaban J connectivity index is 1.82. The lowest BCUT2D eigenvalue weighted by Crippen LogP contribution is -2.13. The van der Waals surface area contributed by atoms with Gasteiger partial charge in [0, 0.05) is 24.7 Å². The highest BCUT2D eigenvalue weighted by Gasteiger charge is 2.39. The molecule has 1 fully saturated rings. The van der Waals surface area contributed by atoms with Gasteiger partial charge >= 0.3 is 0 Å². The summed E-state index contributed by atoms with van der Waals surface area (Å²) in [4.78, 5) is 8.86. The van der Waals surface area contributed by atoms with E-state index in [1.165, 1.54) is 24.0 Å². The fourth-order valence-electron chi connectivity index (χ4n) is 2.73. The Hall–Kier alpha value is -2.22. The number of aromatic nitrogens is 2. The molecule has 25 heavy (non-hydrogen) atoms. The monoisotopic (exact) mass is 363 g/mol. The van der Waals surface area contributed by atoms with Crippen molar-refractivity contribution in [1.82, 2.24) is 9.97 Å². The molecule has 0 radical (unpaired) electrons. The normalized spacial score (nSPS) is 18.7. The van der Waals surface area contributed by atoms with Crippen LogP contribution in [-0.4, -0.2) is 35.0 Å². The Labute approximate surface area is 149 Å². The Morgan fingerprint density at radius 3 is 2.68 bits per heavy atom. The third-order valence-corrected chi connectivity index (χ3v) is 4.63. The van der Waals surface area contributed by atoms with E-state index in [1.54, 1.807) is 6.07 Å². The summed E-state index contributed by atoms with van der Waals surface area (Å²) in [5.41, 5.74) is 1.36. The van der Waals surface area contributed by atoms with Crippen molar-refractivity contribution in [2.45, 2.75) is 30.5 Å². The van der Waals surface area contributed by atoms with Crippen molar-refractivity contribution in [3.63, 3.8) is 0 Å². The van der Waals surface area contributed by atoms with Gasteiger partial charge in [0.1, 0.15) is 11.6 Å². The molecule has 3 N–H and O–H groups in total. The van der Waals surface area contributed by atoms with Crippen molar-refractivity contribution in [2.24, 2.45) is 0 Å². The van der Waals surface area contributed by atoms with Gasteiger partial charge in [-0.25, -0.2) is 18.7 Å². The molecule has 0 spiro atoms. The molecule has 1 aliphatic rings. The van der Waals surface area contributed by atoms with Gasteiger partial charge in [0.25, 0.3) is 0 Å². The minimum atomic E-state index is -0.837. The zero-order chi connectivity index (χ0) is 18.0. The van der Waals surface area contributed by atoms with Crippen LogP contribution in [0.4, 0.5) is 20.4 Å². The minimum absolute atomic E-state index is 0.0719. The summed E-state index contributed by atoms with van der Waals surface area (Å²) >= 11 is 1.42. The highest BCUT2D eigenvalue weighted by atomic mass is 32.2.